The average Bonchev–Trinajstić information content (AvgIpc) is 3.39. The fourth-order valence-corrected chi connectivity index (χ4v) is 9.61. The van der Waals surface area contributed by atoms with Gasteiger partial charge in [-0.15, -0.1) is 11.3 Å². The van der Waals surface area contributed by atoms with Gasteiger partial charge in [-0.05, 0) is 75.0 Å². The Kier molecular flexibility index (Phi) is 11.1. The van der Waals surface area contributed by atoms with Crippen molar-refractivity contribution in [2.75, 3.05) is 32.5 Å². The van der Waals surface area contributed by atoms with E-state index in [4.69, 9.17) is 45.3 Å². The number of halogens is 3. The van der Waals surface area contributed by atoms with Crippen molar-refractivity contribution >= 4 is 67.9 Å². The van der Waals surface area contributed by atoms with Gasteiger partial charge in [-0.25, -0.2) is 13.1 Å². The molecule has 8 nitrogen and oxygen atoms in total. The summed E-state index contributed by atoms with van der Waals surface area (Å²) in [5, 5.41) is 4.76. The number of ketones is 1. The number of thiophene rings is 1. The molecule has 0 radical (unpaired) electrons. The Morgan fingerprint density at radius 3 is 2.22 bits per heavy atom. The summed E-state index contributed by atoms with van der Waals surface area (Å²) in [6.45, 7) is 1.49. The molecule has 1 aliphatic carbocycles. The van der Waals surface area contributed by atoms with E-state index in [9.17, 15) is 13.2 Å². The highest BCUT2D eigenvalue weighted by Crippen LogP contribution is 2.59. The predicted octanol–water partition coefficient (Wildman–Crippen LogP) is 7.35. The summed E-state index contributed by atoms with van der Waals surface area (Å²) in [4.78, 5) is 29.9. The summed E-state index contributed by atoms with van der Waals surface area (Å²) in [5.41, 5.74) is 6.33. The van der Waals surface area contributed by atoms with E-state index in [-0.39, 0.29) is 18.9 Å². The van der Waals surface area contributed by atoms with Crippen LogP contribution in [0.4, 0.5) is 0 Å². The molecular weight excluding hydrogens is 689 g/mol. The van der Waals surface area contributed by atoms with E-state index in [1.54, 1.807) is 24.3 Å². The number of piperidine rings is 1. The zero-order valence-corrected chi connectivity index (χ0v) is 29.5. The number of carbonyl (C=O) groups excluding carboxylic acids is 2. The number of primary amides is 1. The van der Waals surface area contributed by atoms with Gasteiger partial charge in [0.05, 0.1) is 23.3 Å². The SMILES string of the molecule is CS(=O)(=O)NCCCOc1c(C(=O)C2(C3(C(N)=O)CCNCC3)CCCCC2)sc(-c2ccc(Cl)cc2Cl)c1-c1ccc(Cl)cc1. The molecule has 1 saturated heterocycles. The molecule has 46 heavy (non-hydrogen) atoms. The number of amides is 1. The Labute approximate surface area is 289 Å². The van der Waals surface area contributed by atoms with Crippen LogP contribution in [0.15, 0.2) is 42.5 Å². The molecule has 1 amide bonds. The fraction of sp³-hybridized carbons (Fsp3) is 0.455. The number of hydrogen-bond donors (Lipinski definition) is 3. The van der Waals surface area contributed by atoms with E-state index in [1.165, 1.54) is 11.3 Å². The highest BCUT2D eigenvalue weighted by atomic mass is 35.5. The number of sulfonamides is 1. The summed E-state index contributed by atoms with van der Waals surface area (Å²) in [6.07, 6.45) is 6.12. The average molecular weight is 727 g/mol. The van der Waals surface area contributed by atoms with Crippen molar-refractivity contribution in [3.8, 4) is 27.3 Å². The van der Waals surface area contributed by atoms with E-state index in [0.717, 1.165) is 31.1 Å². The molecule has 1 saturated carbocycles. The second-order valence-corrected chi connectivity index (χ2v) is 16.3. The molecule has 4 N–H and O–H groups in total. The third-order valence-electron chi connectivity index (χ3n) is 9.30. The summed E-state index contributed by atoms with van der Waals surface area (Å²) in [6, 6.07) is 12.5. The van der Waals surface area contributed by atoms with Crippen molar-refractivity contribution in [1.82, 2.24) is 10.0 Å². The first kappa shape index (κ1) is 35.1. The number of rotatable bonds is 12. The molecule has 1 aromatic heterocycles. The number of hydrogen-bond acceptors (Lipinski definition) is 7. The zero-order chi connectivity index (χ0) is 33.1. The topological polar surface area (TPSA) is 128 Å². The Bertz CT molecular complexity index is 1700. The number of nitrogens with two attached hydrogens (primary N) is 1. The largest absolute Gasteiger partial charge is 0.491 e. The van der Waals surface area contributed by atoms with Crippen molar-refractivity contribution in [3.63, 3.8) is 0 Å². The molecular formula is C33H38Cl3N3O5S2. The second-order valence-electron chi connectivity index (χ2n) is 12.1. The van der Waals surface area contributed by atoms with Gasteiger partial charge in [0.2, 0.25) is 15.9 Å². The van der Waals surface area contributed by atoms with Crippen LogP contribution < -0.4 is 20.5 Å². The van der Waals surface area contributed by atoms with Crippen LogP contribution in [-0.4, -0.2) is 52.6 Å². The van der Waals surface area contributed by atoms with E-state index < -0.39 is 26.8 Å². The Balaban J connectivity index is 1.72. The molecule has 0 atom stereocenters. The van der Waals surface area contributed by atoms with Crippen LogP contribution in [0.3, 0.4) is 0 Å². The molecule has 0 bridgehead atoms. The predicted molar refractivity (Wildman–Crippen MR) is 187 cm³/mol. The minimum Gasteiger partial charge on any atom is -0.491 e. The molecule has 3 aromatic rings. The van der Waals surface area contributed by atoms with Crippen LogP contribution in [0.1, 0.15) is 61.0 Å². The van der Waals surface area contributed by atoms with Crippen LogP contribution >= 0.6 is 46.1 Å². The van der Waals surface area contributed by atoms with Crippen molar-refractivity contribution in [3.05, 3.63) is 62.4 Å². The molecule has 2 aliphatic rings. The quantitative estimate of drug-likeness (QED) is 0.132. The van der Waals surface area contributed by atoms with Crippen LogP contribution in [0, 0.1) is 10.8 Å². The lowest BCUT2D eigenvalue weighted by atomic mass is 9.51. The van der Waals surface area contributed by atoms with Crippen molar-refractivity contribution in [1.29, 1.82) is 0 Å². The lowest BCUT2D eigenvalue weighted by Crippen LogP contribution is -2.59. The molecule has 13 heteroatoms. The molecule has 2 heterocycles. The summed E-state index contributed by atoms with van der Waals surface area (Å²) >= 11 is 20.6. The maximum absolute atomic E-state index is 15.3. The fourth-order valence-electron chi connectivity index (χ4n) is 7.06. The van der Waals surface area contributed by atoms with Crippen molar-refractivity contribution < 1.29 is 22.7 Å². The lowest BCUT2D eigenvalue weighted by molar-refractivity contribution is -0.138. The number of ether oxygens (including phenoxy) is 1. The first-order valence-corrected chi connectivity index (χ1v) is 19.2. The van der Waals surface area contributed by atoms with Gasteiger partial charge in [0, 0.05) is 38.0 Å². The number of Topliss-reactive ketones (excluding diaryl/α,β-unsaturated/α-hetero) is 1. The van der Waals surface area contributed by atoms with Crippen LogP contribution in [0.2, 0.25) is 15.1 Å². The van der Waals surface area contributed by atoms with E-state index in [2.05, 4.69) is 10.0 Å². The number of carbonyl (C=O) groups is 2. The van der Waals surface area contributed by atoms with Gasteiger partial charge in [0.25, 0.3) is 0 Å². The molecule has 0 unspecified atom stereocenters. The highest BCUT2D eigenvalue weighted by molar-refractivity contribution is 7.88. The maximum atomic E-state index is 15.3. The molecule has 2 fully saturated rings. The molecule has 248 valence electrons. The van der Waals surface area contributed by atoms with Gasteiger partial charge in [-0.3, -0.25) is 9.59 Å². The first-order chi connectivity index (χ1) is 21.9. The van der Waals surface area contributed by atoms with E-state index >= 15 is 4.79 Å². The Morgan fingerprint density at radius 1 is 0.957 bits per heavy atom. The standard InChI is InChI=1S/C33H38Cl3N3O5S2/c1-46(42,43)39-16-5-19-44-27-26(21-6-8-22(34)9-7-21)28(24-11-10-23(35)20-25(24)36)45-29(27)30(40)32(12-3-2-4-13-32)33(31(37)41)14-17-38-18-15-33/h6-11,20,38-39H,2-5,12-19H2,1H3,(H2,37,41). The Morgan fingerprint density at radius 2 is 1.61 bits per heavy atom. The molecule has 2 aromatic carbocycles. The molecule has 5 rings (SSSR count). The highest BCUT2D eigenvalue weighted by Gasteiger charge is 2.60. The maximum Gasteiger partial charge on any atom is 0.224 e. The third kappa shape index (κ3) is 7.14. The van der Waals surface area contributed by atoms with Gasteiger partial charge < -0.3 is 15.8 Å². The van der Waals surface area contributed by atoms with Gasteiger partial charge in [-0.1, -0.05) is 72.3 Å². The number of nitrogens with one attached hydrogen (secondary N) is 2. The zero-order valence-electron chi connectivity index (χ0n) is 25.6. The normalized spacial score (nSPS) is 17.8. The second kappa shape index (κ2) is 14.5. The monoisotopic (exact) mass is 725 g/mol. The van der Waals surface area contributed by atoms with E-state index in [0.29, 0.717) is 86.9 Å². The van der Waals surface area contributed by atoms with Crippen LogP contribution in [0.25, 0.3) is 21.6 Å². The minimum atomic E-state index is -3.38. The van der Waals surface area contributed by atoms with Crippen molar-refractivity contribution in [2.24, 2.45) is 16.6 Å². The minimum absolute atomic E-state index is 0.131. The van der Waals surface area contributed by atoms with Crippen LogP contribution in [-0.2, 0) is 14.8 Å². The Hall–Kier alpha value is -2.18. The lowest BCUT2D eigenvalue weighted by Gasteiger charge is -2.51. The third-order valence-corrected chi connectivity index (χ3v) is 12.0. The van der Waals surface area contributed by atoms with Crippen LogP contribution in [0.5, 0.6) is 5.75 Å². The van der Waals surface area contributed by atoms with Gasteiger partial charge in [0.15, 0.2) is 5.78 Å². The van der Waals surface area contributed by atoms with Crippen molar-refractivity contribution in [2.45, 2.75) is 51.4 Å². The summed E-state index contributed by atoms with van der Waals surface area (Å²) in [5.74, 6) is -0.209. The van der Waals surface area contributed by atoms with Gasteiger partial charge in [0.1, 0.15) is 10.6 Å². The first-order valence-electron chi connectivity index (χ1n) is 15.4. The smallest absolute Gasteiger partial charge is 0.224 e. The molecule has 1 aliphatic heterocycles. The van der Waals surface area contributed by atoms with E-state index in [1.807, 2.05) is 18.2 Å². The summed E-state index contributed by atoms with van der Waals surface area (Å²) < 4.78 is 32.3. The number of benzene rings is 2. The van der Waals surface area contributed by atoms with Gasteiger partial charge in [-0.2, -0.15) is 0 Å². The van der Waals surface area contributed by atoms with Gasteiger partial charge >= 0.3 is 0 Å². The molecule has 0 spiro atoms. The summed E-state index contributed by atoms with van der Waals surface area (Å²) in [7, 11) is -3.38.